The summed E-state index contributed by atoms with van der Waals surface area (Å²) in [6.07, 6.45) is 3.00. The average Bonchev–Trinajstić information content (AvgIpc) is 3.27. The van der Waals surface area contributed by atoms with Crippen LogP contribution in [0.2, 0.25) is 0 Å². The molecule has 0 bridgehead atoms. The van der Waals surface area contributed by atoms with Gasteiger partial charge in [-0.1, -0.05) is 18.2 Å². The van der Waals surface area contributed by atoms with Gasteiger partial charge in [-0.15, -0.1) is 0 Å². The third kappa shape index (κ3) is 4.66. The number of nitrogens with zero attached hydrogens (tertiary/aromatic N) is 1. The van der Waals surface area contributed by atoms with Crippen molar-refractivity contribution >= 4 is 23.1 Å². The SMILES string of the molecule is O=C(Nc1ccc(Nc2ccc(Oc3ccccc3)cc2)cn1)C1CCCO1. The maximum atomic E-state index is 12.0. The molecule has 1 saturated heterocycles. The quantitative estimate of drug-likeness (QED) is 0.651. The number of carbonyl (C=O) groups is 1. The predicted octanol–water partition coefficient (Wildman–Crippen LogP) is 4.74. The number of para-hydroxylation sites is 1. The van der Waals surface area contributed by atoms with Crippen LogP contribution in [0.3, 0.4) is 0 Å². The van der Waals surface area contributed by atoms with Gasteiger partial charge in [-0.2, -0.15) is 0 Å². The molecule has 0 saturated carbocycles. The van der Waals surface area contributed by atoms with E-state index in [1.165, 1.54) is 0 Å². The first kappa shape index (κ1) is 18.0. The molecule has 0 aliphatic carbocycles. The summed E-state index contributed by atoms with van der Waals surface area (Å²) in [5.41, 5.74) is 1.74. The number of rotatable bonds is 6. The second-order valence-electron chi connectivity index (χ2n) is 6.49. The lowest BCUT2D eigenvalue weighted by atomic mass is 10.2. The Bertz CT molecular complexity index is 906. The first-order valence-electron chi connectivity index (χ1n) is 9.25. The van der Waals surface area contributed by atoms with Crippen molar-refractivity contribution in [1.29, 1.82) is 0 Å². The van der Waals surface area contributed by atoms with Crippen molar-refractivity contribution < 1.29 is 14.3 Å². The van der Waals surface area contributed by atoms with Crippen molar-refractivity contribution in [2.45, 2.75) is 18.9 Å². The Kier molecular flexibility index (Phi) is 5.49. The van der Waals surface area contributed by atoms with Gasteiger partial charge in [-0.3, -0.25) is 4.79 Å². The van der Waals surface area contributed by atoms with Gasteiger partial charge in [0.25, 0.3) is 5.91 Å². The maximum Gasteiger partial charge on any atom is 0.254 e. The molecule has 2 heterocycles. The van der Waals surface area contributed by atoms with Crippen LogP contribution in [-0.2, 0) is 9.53 Å². The first-order chi connectivity index (χ1) is 13.8. The molecule has 1 atom stereocenters. The van der Waals surface area contributed by atoms with Crippen LogP contribution >= 0.6 is 0 Å². The van der Waals surface area contributed by atoms with Crippen LogP contribution in [0.25, 0.3) is 0 Å². The summed E-state index contributed by atoms with van der Waals surface area (Å²) in [5.74, 6) is 1.94. The molecule has 1 aliphatic rings. The van der Waals surface area contributed by atoms with Gasteiger partial charge in [0.05, 0.1) is 11.9 Å². The third-order valence-corrected chi connectivity index (χ3v) is 4.36. The van der Waals surface area contributed by atoms with Gasteiger partial charge in [0.2, 0.25) is 0 Å². The van der Waals surface area contributed by atoms with Gasteiger partial charge in [0.1, 0.15) is 23.4 Å². The van der Waals surface area contributed by atoms with E-state index in [9.17, 15) is 4.79 Å². The van der Waals surface area contributed by atoms with Gasteiger partial charge in [-0.25, -0.2) is 4.98 Å². The zero-order valence-corrected chi connectivity index (χ0v) is 15.3. The molecule has 2 aromatic carbocycles. The van der Waals surface area contributed by atoms with Gasteiger partial charge in [0, 0.05) is 12.3 Å². The van der Waals surface area contributed by atoms with Crippen LogP contribution in [0.4, 0.5) is 17.2 Å². The standard InChI is InChI=1S/C22H21N3O3/c26-22(20-7-4-14-27-20)25-21-13-10-17(15-23-21)24-16-8-11-19(12-9-16)28-18-5-2-1-3-6-18/h1-3,5-6,8-13,15,20,24H,4,7,14H2,(H,23,25,26). The number of nitrogens with one attached hydrogen (secondary N) is 2. The molecule has 1 unspecified atom stereocenters. The molecule has 3 aromatic rings. The molecule has 142 valence electrons. The number of hydrogen-bond donors (Lipinski definition) is 2. The zero-order chi connectivity index (χ0) is 19.2. The third-order valence-electron chi connectivity index (χ3n) is 4.36. The number of aromatic nitrogens is 1. The minimum atomic E-state index is -0.365. The van der Waals surface area contributed by atoms with Gasteiger partial charge >= 0.3 is 0 Å². The molecule has 4 rings (SSSR count). The number of carbonyl (C=O) groups excluding carboxylic acids is 1. The fraction of sp³-hybridized carbons (Fsp3) is 0.182. The molecule has 1 fully saturated rings. The Morgan fingerprint density at radius 1 is 0.964 bits per heavy atom. The normalized spacial score (nSPS) is 15.8. The molecule has 6 heteroatoms. The Balaban J connectivity index is 1.33. The number of amides is 1. The smallest absolute Gasteiger partial charge is 0.254 e. The van der Waals surface area contributed by atoms with Crippen molar-refractivity contribution in [2.24, 2.45) is 0 Å². The molecule has 1 aliphatic heterocycles. The molecular weight excluding hydrogens is 354 g/mol. The summed E-state index contributed by atoms with van der Waals surface area (Å²) < 4.78 is 11.2. The monoisotopic (exact) mass is 375 g/mol. The minimum Gasteiger partial charge on any atom is -0.457 e. The molecule has 2 N–H and O–H groups in total. The van der Waals surface area contributed by atoms with E-state index in [1.807, 2.05) is 60.7 Å². The van der Waals surface area contributed by atoms with Crippen LogP contribution in [0.15, 0.2) is 72.9 Å². The van der Waals surface area contributed by atoms with Crippen molar-refractivity contribution in [3.8, 4) is 11.5 Å². The minimum absolute atomic E-state index is 0.139. The van der Waals surface area contributed by atoms with E-state index in [0.717, 1.165) is 35.7 Å². The molecular formula is C22H21N3O3. The zero-order valence-electron chi connectivity index (χ0n) is 15.3. The lowest BCUT2D eigenvalue weighted by Gasteiger charge is -2.11. The van der Waals surface area contributed by atoms with Crippen LogP contribution in [0, 0.1) is 0 Å². The maximum absolute atomic E-state index is 12.0. The second-order valence-corrected chi connectivity index (χ2v) is 6.49. The fourth-order valence-electron chi connectivity index (χ4n) is 2.93. The van der Waals surface area contributed by atoms with E-state index in [-0.39, 0.29) is 12.0 Å². The van der Waals surface area contributed by atoms with Gasteiger partial charge < -0.3 is 20.1 Å². The average molecular weight is 375 g/mol. The van der Waals surface area contributed by atoms with Crippen molar-refractivity contribution in [1.82, 2.24) is 4.98 Å². The Hall–Kier alpha value is -3.38. The van der Waals surface area contributed by atoms with E-state index in [2.05, 4.69) is 15.6 Å². The highest BCUT2D eigenvalue weighted by atomic mass is 16.5. The molecule has 0 radical (unpaired) electrons. The number of ether oxygens (including phenoxy) is 2. The molecule has 1 aromatic heterocycles. The second kappa shape index (κ2) is 8.54. The van der Waals surface area contributed by atoms with E-state index in [0.29, 0.717) is 12.4 Å². The van der Waals surface area contributed by atoms with Gasteiger partial charge in [-0.05, 0) is 61.4 Å². The number of anilines is 3. The van der Waals surface area contributed by atoms with Crippen molar-refractivity contribution in [3.05, 3.63) is 72.9 Å². The van der Waals surface area contributed by atoms with E-state index in [1.54, 1.807) is 12.3 Å². The van der Waals surface area contributed by atoms with Crippen LogP contribution < -0.4 is 15.4 Å². The summed E-state index contributed by atoms with van der Waals surface area (Å²) in [4.78, 5) is 16.3. The fourth-order valence-corrected chi connectivity index (χ4v) is 2.93. The summed E-state index contributed by atoms with van der Waals surface area (Å²) in [5, 5.41) is 6.06. The number of pyridine rings is 1. The lowest BCUT2D eigenvalue weighted by molar-refractivity contribution is -0.124. The summed E-state index contributed by atoms with van der Waals surface area (Å²) >= 11 is 0. The highest BCUT2D eigenvalue weighted by Gasteiger charge is 2.23. The number of hydrogen-bond acceptors (Lipinski definition) is 5. The summed E-state index contributed by atoms with van der Waals surface area (Å²) in [6, 6.07) is 21.0. The molecule has 1 amide bonds. The predicted molar refractivity (Wildman–Crippen MR) is 108 cm³/mol. The van der Waals surface area contributed by atoms with Crippen LogP contribution in [0.5, 0.6) is 11.5 Å². The van der Waals surface area contributed by atoms with Crippen molar-refractivity contribution in [2.75, 3.05) is 17.2 Å². The Morgan fingerprint density at radius 2 is 1.71 bits per heavy atom. The molecule has 6 nitrogen and oxygen atoms in total. The highest BCUT2D eigenvalue weighted by molar-refractivity contribution is 5.93. The molecule has 28 heavy (non-hydrogen) atoms. The summed E-state index contributed by atoms with van der Waals surface area (Å²) in [7, 11) is 0. The highest BCUT2D eigenvalue weighted by Crippen LogP contribution is 2.24. The van der Waals surface area contributed by atoms with Crippen LogP contribution in [-0.4, -0.2) is 23.6 Å². The Labute approximate surface area is 163 Å². The first-order valence-corrected chi connectivity index (χ1v) is 9.25. The Morgan fingerprint density at radius 3 is 2.39 bits per heavy atom. The number of benzene rings is 2. The van der Waals surface area contributed by atoms with Crippen LogP contribution in [0.1, 0.15) is 12.8 Å². The lowest BCUT2D eigenvalue weighted by Crippen LogP contribution is -2.27. The topological polar surface area (TPSA) is 72.5 Å². The van der Waals surface area contributed by atoms with Gasteiger partial charge in [0.15, 0.2) is 0 Å². The van der Waals surface area contributed by atoms with E-state index < -0.39 is 0 Å². The summed E-state index contributed by atoms with van der Waals surface area (Å²) in [6.45, 7) is 0.642. The van der Waals surface area contributed by atoms with E-state index >= 15 is 0 Å². The van der Waals surface area contributed by atoms with E-state index in [4.69, 9.17) is 9.47 Å². The largest absolute Gasteiger partial charge is 0.457 e. The van der Waals surface area contributed by atoms with Crippen molar-refractivity contribution in [3.63, 3.8) is 0 Å². The molecule has 0 spiro atoms.